The number of fused-ring (bicyclic) bond motifs is 1. The number of aliphatic carboxylic acids is 1. The van der Waals surface area contributed by atoms with Gasteiger partial charge in [0, 0.05) is 30.9 Å². The normalized spacial score (nSPS) is 13.6. The summed E-state index contributed by atoms with van der Waals surface area (Å²) in [4.78, 5) is 27.7. The van der Waals surface area contributed by atoms with Gasteiger partial charge in [0.2, 0.25) is 0 Å². The van der Waals surface area contributed by atoms with Crippen LogP contribution in [0.5, 0.6) is 5.75 Å². The number of rotatable bonds is 7. The second kappa shape index (κ2) is 7.99. The minimum Gasteiger partial charge on any atom is -0.493 e. The number of pyridine rings is 1. The van der Waals surface area contributed by atoms with Crippen molar-refractivity contribution in [3.8, 4) is 16.9 Å². The number of hydrogen-bond acceptors (Lipinski definition) is 4. The molecule has 0 bridgehead atoms. The number of hydrogen-bond donors (Lipinski definition) is 2. The fourth-order valence-corrected chi connectivity index (χ4v) is 3.07. The van der Waals surface area contributed by atoms with Crippen LogP contribution in [-0.2, 0) is 11.2 Å². The minimum atomic E-state index is -0.889. The lowest BCUT2D eigenvalue weighted by Gasteiger charge is -2.12. The topological polar surface area (TPSA) is 88.5 Å². The van der Waals surface area contributed by atoms with Crippen molar-refractivity contribution in [2.45, 2.75) is 26.2 Å². The van der Waals surface area contributed by atoms with Crippen LogP contribution in [0.25, 0.3) is 11.1 Å². The van der Waals surface area contributed by atoms with Gasteiger partial charge in [0.1, 0.15) is 5.75 Å². The molecule has 0 aliphatic carbocycles. The number of nitrogens with one attached hydrogen (secondary N) is 1. The molecule has 0 fully saturated rings. The van der Waals surface area contributed by atoms with Crippen molar-refractivity contribution in [2.75, 3.05) is 13.2 Å². The van der Waals surface area contributed by atoms with Gasteiger partial charge in [-0.3, -0.25) is 14.6 Å². The van der Waals surface area contributed by atoms with E-state index in [1.165, 1.54) is 6.20 Å². The molecule has 2 heterocycles. The molecule has 1 aliphatic heterocycles. The summed E-state index contributed by atoms with van der Waals surface area (Å²) in [6.45, 7) is 2.73. The van der Waals surface area contributed by atoms with Gasteiger partial charge in [-0.15, -0.1) is 0 Å². The predicted octanol–water partition coefficient (Wildman–Crippen LogP) is 2.91. The van der Waals surface area contributed by atoms with Crippen LogP contribution in [0.15, 0.2) is 36.7 Å². The van der Waals surface area contributed by atoms with E-state index in [0.29, 0.717) is 18.6 Å². The van der Waals surface area contributed by atoms with E-state index in [9.17, 15) is 14.7 Å². The predicted molar refractivity (Wildman–Crippen MR) is 97.2 cm³/mol. The van der Waals surface area contributed by atoms with Gasteiger partial charge in [-0.05, 0) is 35.7 Å². The van der Waals surface area contributed by atoms with Crippen molar-refractivity contribution in [3.05, 3.63) is 47.8 Å². The highest BCUT2D eigenvalue weighted by atomic mass is 16.5. The van der Waals surface area contributed by atoms with Crippen LogP contribution >= 0.6 is 0 Å². The van der Waals surface area contributed by atoms with Gasteiger partial charge in [0.25, 0.3) is 5.91 Å². The molecule has 2 aromatic rings. The summed E-state index contributed by atoms with van der Waals surface area (Å²) in [5.74, 6) is -0.867. The number of carbonyl (C=O) groups is 2. The van der Waals surface area contributed by atoms with E-state index in [-0.39, 0.29) is 12.5 Å². The molecule has 3 rings (SSSR count). The summed E-state index contributed by atoms with van der Waals surface area (Å²) in [5, 5.41) is 11.9. The number of amides is 1. The third kappa shape index (κ3) is 4.02. The molecule has 1 unspecified atom stereocenters. The number of aromatic nitrogens is 1. The molecular weight excluding hydrogens is 332 g/mol. The first-order valence-electron chi connectivity index (χ1n) is 8.80. The Morgan fingerprint density at radius 1 is 1.27 bits per heavy atom. The lowest BCUT2D eigenvalue weighted by molar-refractivity contribution is -0.141. The summed E-state index contributed by atoms with van der Waals surface area (Å²) in [6, 6.07) is 7.72. The van der Waals surface area contributed by atoms with Crippen molar-refractivity contribution in [1.82, 2.24) is 10.3 Å². The summed E-state index contributed by atoms with van der Waals surface area (Å²) in [6.07, 6.45) is 5.37. The lowest BCUT2D eigenvalue weighted by atomic mass is 10.0. The average Bonchev–Trinajstić information content (AvgIpc) is 3.12. The minimum absolute atomic E-state index is 0.114. The molecule has 1 amide bonds. The fraction of sp³-hybridized carbons (Fsp3) is 0.350. The summed E-state index contributed by atoms with van der Waals surface area (Å²) in [7, 11) is 0. The van der Waals surface area contributed by atoms with Crippen LogP contribution < -0.4 is 10.1 Å². The molecule has 136 valence electrons. The molecule has 6 heteroatoms. The van der Waals surface area contributed by atoms with Gasteiger partial charge in [-0.25, -0.2) is 0 Å². The summed E-state index contributed by atoms with van der Waals surface area (Å²) in [5.41, 5.74) is 3.39. The van der Waals surface area contributed by atoms with Crippen molar-refractivity contribution in [1.29, 1.82) is 0 Å². The maximum absolute atomic E-state index is 12.4. The highest BCUT2D eigenvalue weighted by molar-refractivity contribution is 5.95. The van der Waals surface area contributed by atoms with E-state index < -0.39 is 11.9 Å². The average molecular weight is 354 g/mol. The zero-order chi connectivity index (χ0) is 18.5. The maximum atomic E-state index is 12.4. The highest BCUT2D eigenvalue weighted by Gasteiger charge is 2.18. The van der Waals surface area contributed by atoms with Crippen molar-refractivity contribution >= 4 is 11.9 Å². The van der Waals surface area contributed by atoms with E-state index in [1.54, 1.807) is 12.3 Å². The van der Waals surface area contributed by atoms with E-state index in [1.807, 2.05) is 19.1 Å². The molecule has 2 N–H and O–H groups in total. The van der Waals surface area contributed by atoms with Crippen molar-refractivity contribution < 1.29 is 19.4 Å². The van der Waals surface area contributed by atoms with Crippen molar-refractivity contribution in [3.63, 3.8) is 0 Å². The molecule has 26 heavy (non-hydrogen) atoms. The van der Waals surface area contributed by atoms with E-state index in [2.05, 4.69) is 16.4 Å². The standard InChI is InChI=1S/C20H22N2O4/c1-2-3-15(20(24)25)12-22-19(23)17-9-16(10-21-11-17)13-4-5-18-14(8-13)6-7-26-18/h4-5,8-11,15H,2-3,6-7,12H2,1H3,(H,22,23)(H,24,25). The Morgan fingerprint density at radius 3 is 2.88 bits per heavy atom. The first kappa shape index (κ1) is 17.9. The number of carbonyl (C=O) groups excluding carboxylic acids is 1. The maximum Gasteiger partial charge on any atom is 0.308 e. The van der Waals surface area contributed by atoms with Gasteiger partial charge in [0.05, 0.1) is 18.1 Å². The van der Waals surface area contributed by atoms with E-state index >= 15 is 0 Å². The van der Waals surface area contributed by atoms with Gasteiger partial charge < -0.3 is 15.2 Å². The first-order valence-corrected chi connectivity index (χ1v) is 8.80. The van der Waals surface area contributed by atoms with Crippen LogP contribution in [0.1, 0.15) is 35.7 Å². The van der Waals surface area contributed by atoms with Crippen LogP contribution in [0, 0.1) is 5.92 Å². The lowest BCUT2D eigenvalue weighted by Crippen LogP contribution is -2.33. The van der Waals surface area contributed by atoms with Gasteiger partial charge >= 0.3 is 5.97 Å². The van der Waals surface area contributed by atoms with Crippen molar-refractivity contribution in [2.24, 2.45) is 5.92 Å². The molecule has 0 spiro atoms. The van der Waals surface area contributed by atoms with Crippen LogP contribution in [0.2, 0.25) is 0 Å². The number of ether oxygens (including phenoxy) is 1. The molecule has 0 saturated carbocycles. The van der Waals surface area contributed by atoms with Crippen LogP contribution in [0.4, 0.5) is 0 Å². The third-order valence-corrected chi connectivity index (χ3v) is 4.52. The largest absolute Gasteiger partial charge is 0.493 e. The third-order valence-electron chi connectivity index (χ3n) is 4.52. The smallest absolute Gasteiger partial charge is 0.308 e. The number of carboxylic acid groups (broad SMARTS) is 1. The second-order valence-corrected chi connectivity index (χ2v) is 6.42. The molecule has 1 atom stereocenters. The number of carboxylic acids is 1. The van der Waals surface area contributed by atoms with E-state index in [0.717, 1.165) is 35.3 Å². The Hall–Kier alpha value is -2.89. The number of nitrogens with zero attached hydrogens (tertiary/aromatic N) is 1. The highest BCUT2D eigenvalue weighted by Crippen LogP contribution is 2.30. The second-order valence-electron chi connectivity index (χ2n) is 6.42. The van der Waals surface area contributed by atoms with Crippen LogP contribution in [0.3, 0.4) is 0 Å². The van der Waals surface area contributed by atoms with E-state index in [4.69, 9.17) is 4.74 Å². The molecule has 1 aliphatic rings. The van der Waals surface area contributed by atoms with Gasteiger partial charge in [-0.2, -0.15) is 0 Å². The number of benzene rings is 1. The molecule has 1 aromatic heterocycles. The zero-order valence-electron chi connectivity index (χ0n) is 14.7. The Kier molecular flexibility index (Phi) is 5.51. The fourth-order valence-electron chi connectivity index (χ4n) is 3.07. The Bertz CT molecular complexity index is 819. The SMILES string of the molecule is CCCC(CNC(=O)c1cncc(-c2ccc3c(c2)CCO3)c1)C(=O)O. The van der Waals surface area contributed by atoms with Crippen LogP contribution in [-0.4, -0.2) is 35.1 Å². The molecular formula is C20H22N2O4. The Morgan fingerprint density at radius 2 is 2.12 bits per heavy atom. The zero-order valence-corrected chi connectivity index (χ0v) is 14.7. The van der Waals surface area contributed by atoms with Gasteiger partial charge in [0.15, 0.2) is 0 Å². The van der Waals surface area contributed by atoms with Gasteiger partial charge in [-0.1, -0.05) is 19.4 Å². The quantitative estimate of drug-likeness (QED) is 0.798. The first-order chi connectivity index (χ1) is 12.6. The summed E-state index contributed by atoms with van der Waals surface area (Å²) >= 11 is 0. The molecule has 6 nitrogen and oxygen atoms in total. The Balaban J connectivity index is 1.72. The summed E-state index contributed by atoms with van der Waals surface area (Å²) < 4.78 is 5.52. The monoisotopic (exact) mass is 354 g/mol. The molecule has 0 radical (unpaired) electrons. The Labute approximate surface area is 152 Å². The molecule has 1 aromatic carbocycles. The molecule has 0 saturated heterocycles.